The maximum absolute atomic E-state index is 5.10. The van der Waals surface area contributed by atoms with E-state index in [0.717, 1.165) is 5.69 Å². The van der Waals surface area contributed by atoms with Crippen molar-refractivity contribution in [3.05, 3.63) is 42.8 Å². The van der Waals surface area contributed by atoms with Crippen molar-refractivity contribution >= 4 is 0 Å². The molecule has 0 N–H and O–H groups in total. The second-order valence-electron chi connectivity index (χ2n) is 2.11. The average molecular weight is 336 g/mol. The summed E-state index contributed by atoms with van der Waals surface area (Å²) in [6.07, 6.45) is 3.32. The molecule has 0 fully saturated rings. The van der Waals surface area contributed by atoms with E-state index in [4.69, 9.17) is 4.42 Å². The molecule has 0 saturated carbocycles. The Kier molecular flexibility index (Phi) is 3.20. The summed E-state index contributed by atoms with van der Waals surface area (Å²) in [5.41, 5.74) is 0.817. The summed E-state index contributed by atoms with van der Waals surface area (Å²) >= 11 is 0. The molecule has 2 nitrogen and oxygen atoms in total. The SMILES string of the molecule is [Ir].[c-]1ccoc1-c1ccccn1. The molecule has 0 aliphatic rings. The van der Waals surface area contributed by atoms with Crippen LogP contribution in [-0.4, -0.2) is 4.98 Å². The largest absolute Gasteiger partial charge is 0.545 e. The van der Waals surface area contributed by atoms with Crippen molar-refractivity contribution in [2.45, 2.75) is 0 Å². The van der Waals surface area contributed by atoms with E-state index in [2.05, 4.69) is 11.1 Å². The van der Waals surface area contributed by atoms with Crippen molar-refractivity contribution in [3.8, 4) is 11.5 Å². The van der Waals surface area contributed by atoms with Crippen LogP contribution in [0.2, 0.25) is 0 Å². The third-order valence-electron chi connectivity index (χ3n) is 1.37. The van der Waals surface area contributed by atoms with Gasteiger partial charge in [0.05, 0.1) is 0 Å². The van der Waals surface area contributed by atoms with Crippen LogP contribution in [0.15, 0.2) is 41.1 Å². The maximum Gasteiger partial charge on any atom is 0.0230 e. The van der Waals surface area contributed by atoms with Crippen molar-refractivity contribution in [2.24, 2.45) is 0 Å². The van der Waals surface area contributed by atoms with Gasteiger partial charge in [-0.2, -0.15) is 0 Å². The minimum absolute atomic E-state index is 0. The van der Waals surface area contributed by atoms with E-state index in [-0.39, 0.29) is 20.1 Å². The van der Waals surface area contributed by atoms with E-state index < -0.39 is 0 Å². The van der Waals surface area contributed by atoms with Crippen molar-refractivity contribution in [1.29, 1.82) is 0 Å². The number of aromatic nitrogens is 1. The maximum atomic E-state index is 5.10. The van der Waals surface area contributed by atoms with Crippen LogP contribution < -0.4 is 0 Å². The van der Waals surface area contributed by atoms with E-state index in [1.165, 1.54) is 0 Å². The van der Waals surface area contributed by atoms with Gasteiger partial charge >= 0.3 is 0 Å². The molecular formula is C9H6IrNO-. The number of rotatable bonds is 1. The molecule has 0 aromatic carbocycles. The third-order valence-corrected chi connectivity index (χ3v) is 1.37. The van der Waals surface area contributed by atoms with Gasteiger partial charge < -0.3 is 9.40 Å². The van der Waals surface area contributed by atoms with Crippen LogP contribution in [-0.2, 0) is 20.1 Å². The van der Waals surface area contributed by atoms with Gasteiger partial charge in [0.1, 0.15) is 0 Å². The van der Waals surface area contributed by atoms with Crippen molar-refractivity contribution < 1.29 is 24.5 Å². The number of furan rings is 1. The molecule has 2 aromatic rings. The number of pyridine rings is 1. The standard InChI is InChI=1S/C9H6NO.Ir/c1-2-6-10-8(4-1)9-5-3-7-11-9;/h1-4,6-7H;/q-1;. The second kappa shape index (κ2) is 4.19. The van der Waals surface area contributed by atoms with Crippen molar-refractivity contribution in [1.82, 2.24) is 4.98 Å². The second-order valence-corrected chi connectivity index (χ2v) is 2.11. The summed E-state index contributed by atoms with van der Waals surface area (Å²) in [6.45, 7) is 0. The van der Waals surface area contributed by atoms with Gasteiger partial charge in [-0.3, -0.25) is 0 Å². The predicted octanol–water partition coefficient (Wildman–Crippen LogP) is 2.14. The summed E-state index contributed by atoms with van der Waals surface area (Å²) in [4.78, 5) is 4.10. The average Bonchev–Trinajstić information content (AvgIpc) is 2.58. The van der Waals surface area contributed by atoms with Crippen molar-refractivity contribution in [3.63, 3.8) is 0 Å². The van der Waals surface area contributed by atoms with Crippen LogP contribution in [0.4, 0.5) is 0 Å². The molecule has 63 valence electrons. The molecule has 2 heterocycles. The Labute approximate surface area is 84.0 Å². The predicted molar refractivity (Wildman–Crippen MR) is 40.8 cm³/mol. The zero-order valence-electron chi connectivity index (χ0n) is 6.15. The van der Waals surface area contributed by atoms with E-state index in [1.807, 2.05) is 18.2 Å². The summed E-state index contributed by atoms with van der Waals surface area (Å²) in [7, 11) is 0. The first-order valence-corrected chi connectivity index (χ1v) is 3.33. The topological polar surface area (TPSA) is 26.0 Å². The molecule has 0 spiro atoms. The molecule has 12 heavy (non-hydrogen) atoms. The normalized spacial score (nSPS) is 9.00. The summed E-state index contributed by atoms with van der Waals surface area (Å²) < 4.78 is 5.10. The molecule has 0 unspecified atom stereocenters. The summed E-state index contributed by atoms with van der Waals surface area (Å²) in [5.74, 6) is 0.686. The molecule has 0 bridgehead atoms. The summed E-state index contributed by atoms with van der Waals surface area (Å²) in [6, 6.07) is 10.3. The van der Waals surface area contributed by atoms with E-state index >= 15 is 0 Å². The molecule has 0 amide bonds. The van der Waals surface area contributed by atoms with Crippen LogP contribution in [0.5, 0.6) is 0 Å². The number of nitrogens with zero attached hydrogens (tertiary/aromatic N) is 1. The van der Waals surface area contributed by atoms with Gasteiger partial charge in [0, 0.05) is 37.8 Å². The molecule has 0 atom stereocenters. The minimum atomic E-state index is 0. The number of hydrogen-bond donors (Lipinski definition) is 0. The Morgan fingerprint density at radius 3 is 2.83 bits per heavy atom. The minimum Gasteiger partial charge on any atom is -0.545 e. The fourth-order valence-corrected chi connectivity index (χ4v) is 0.877. The molecule has 3 heteroatoms. The van der Waals surface area contributed by atoms with E-state index in [9.17, 15) is 0 Å². The Morgan fingerprint density at radius 2 is 2.25 bits per heavy atom. The number of hydrogen-bond acceptors (Lipinski definition) is 2. The third kappa shape index (κ3) is 1.81. The molecular weight excluding hydrogens is 330 g/mol. The van der Waals surface area contributed by atoms with Gasteiger partial charge in [0.15, 0.2) is 0 Å². The smallest absolute Gasteiger partial charge is 0.0230 e. The van der Waals surface area contributed by atoms with Crippen LogP contribution in [0, 0.1) is 6.07 Å². The van der Waals surface area contributed by atoms with Gasteiger partial charge in [0.2, 0.25) is 0 Å². The molecule has 2 aromatic heterocycles. The van der Waals surface area contributed by atoms with Gasteiger partial charge in [-0.1, -0.05) is 12.1 Å². The molecule has 2 rings (SSSR count). The molecule has 1 radical (unpaired) electrons. The van der Waals surface area contributed by atoms with Crippen molar-refractivity contribution in [2.75, 3.05) is 0 Å². The monoisotopic (exact) mass is 337 g/mol. The zero-order chi connectivity index (χ0) is 7.52. The zero-order valence-corrected chi connectivity index (χ0v) is 8.55. The van der Waals surface area contributed by atoms with E-state index in [0.29, 0.717) is 5.76 Å². The first-order valence-electron chi connectivity index (χ1n) is 3.33. The van der Waals surface area contributed by atoms with Gasteiger partial charge in [-0.05, 0) is 12.3 Å². The fourth-order valence-electron chi connectivity index (χ4n) is 0.877. The molecule has 0 aliphatic carbocycles. The Balaban J connectivity index is 0.000000720. The molecule has 0 aliphatic heterocycles. The molecule has 0 saturated heterocycles. The first-order chi connectivity index (χ1) is 5.47. The Hall–Kier alpha value is -0.921. The van der Waals surface area contributed by atoms with Crippen LogP contribution >= 0.6 is 0 Å². The summed E-state index contributed by atoms with van der Waals surface area (Å²) in [5, 5.41) is 0. The van der Waals surface area contributed by atoms with Crippen LogP contribution in [0.1, 0.15) is 0 Å². The van der Waals surface area contributed by atoms with Crippen LogP contribution in [0.25, 0.3) is 11.5 Å². The van der Waals surface area contributed by atoms with Crippen LogP contribution in [0.3, 0.4) is 0 Å². The van der Waals surface area contributed by atoms with E-state index in [1.54, 1.807) is 18.5 Å². The van der Waals surface area contributed by atoms with Gasteiger partial charge in [0.25, 0.3) is 0 Å². The fraction of sp³-hybridized carbons (Fsp3) is 0. The Morgan fingerprint density at radius 1 is 1.33 bits per heavy atom. The quantitative estimate of drug-likeness (QED) is 0.746. The van der Waals surface area contributed by atoms with Gasteiger partial charge in [-0.25, -0.2) is 0 Å². The van der Waals surface area contributed by atoms with Gasteiger partial charge in [-0.15, -0.1) is 12.1 Å². The Bertz CT molecular complexity index is 318. The first kappa shape index (κ1) is 9.17.